The first kappa shape index (κ1) is 16.2. The number of non-ortho nitro benzene ring substituents is 1. The number of nitro benzene ring substituents is 1. The number of carbonyl (C=O) groups is 1. The summed E-state index contributed by atoms with van der Waals surface area (Å²) in [6, 6.07) is 12.4. The van der Waals surface area contributed by atoms with Crippen molar-refractivity contribution in [1.82, 2.24) is 4.90 Å². The molecule has 0 N–H and O–H groups in total. The van der Waals surface area contributed by atoms with Crippen molar-refractivity contribution in [3.63, 3.8) is 0 Å². The molecule has 1 amide bonds. The first-order chi connectivity index (χ1) is 11.5. The van der Waals surface area contributed by atoms with Crippen LogP contribution in [0.3, 0.4) is 0 Å². The third-order valence-corrected chi connectivity index (χ3v) is 4.45. The lowest BCUT2D eigenvalue weighted by atomic mass is 9.99. The molecule has 3 rings (SSSR count). The molecule has 1 aliphatic rings. The van der Waals surface area contributed by atoms with Gasteiger partial charge >= 0.3 is 0 Å². The number of nitro groups is 1. The highest BCUT2D eigenvalue weighted by molar-refractivity contribution is 5.95. The normalized spacial score (nSPS) is 17.1. The molecule has 1 aliphatic heterocycles. The van der Waals surface area contributed by atoms with Crippen molar-refractivity contribution >= 4 is 11.6 Å². The number of hydrogen-bond acceptors (Lipinski definition) is 3. The van der Waals surface area contributed by atoms with Crippen LogP contribution in [0.2, 0.25) is 0 Å². The molecule has 0 aliphatic carbocycles. The molecular formula is C19H20N2O3. The molecule has 1 atom stereocenters. The van der Waals surface area contributed by atoms with Crippen LogP contribution in [0.15, 0.2) is 42.5 Å². The summed E-state index contributed by atoms with van der Waals surface area (Å²) >= 11 is 0. The second-order valence-electron chi connectivity index (χ2n) is 6.39. The van der Waals surface area contributed by atoms with E-state index >= 15 is 0 Å². The van der Waals surface area contributed by atoms with Crippen molar-refractivity contribution in [3.8, 4) is 0 Å². The third kappa shape index (κ3) is 3.15. The van der Waals surface area contributed by atoms with Crippen LogP contribution in [0.4, 0.5) is 5.69 Å². The fraction of sp³-hybridized carbons (Fsp3) is 0.316. The fourth-order valence-corrected chi connectivity index (χ4v) is 3.48. The summed E-state index contributed by atoms with van der Waals surface area (Å²) in [5.41, 5.74) is 3.83. The molecule has 0 spiro atoms. The smallest absolute Gasteiger partial charge is 0.270 e. The van der Waals surface area contributed by atoms with Crippen molar-refractivity contribution in [1.29, 1.82) is 0 Å². The Morgan fingerprint density at radius 2 is 1.88 bits per heavy atom. The van der Waals surface area contributed by atoms with Gasteiger partial charge in [-0.1, -0.05) is 35.4 Å². The minimum atomic E-state index is -0.470. The number of likely N-dealkylation sites (tertiary alicyclic amines) is 1. The predicted molar refractivity (Wildman–Crippen MR) is 92.0 cm³/mol. The average Bonchev–Trinajstić information content (AvgIpc) is 3.03. The molecule has 1 heterocycles. The Bertz CT molecular complexity index is 781. The second kappa shape index (κ2) is 6.43. The maximum atomic E-state index is 12.9. The summed E-state index contributed by atoms with van der Waals surface area (Å²) in [5.74, 6) is -0.139. The molecule has 0 saturated carbocycles. The van der Waals surface area contributed by atoms with E-state index in [1.165, 1.54) is 23.3 Å². The summed E-state index contributed by atoms with van der Waals surface area (Å²) in [6.07, 6.45) is 1.86. The minimum absolute atomic E-state index is 0.0374. The van der Waals surface area contributed by atoms with E-state index in [-0.39, 0.29) is 17.6 Å². The van der Waals surface area contributed by atoms with Gasteiger partial charge in [0.05, 0.1) is 11.0 Å². The molecule has 5 heteroatoms. The Balaban J connectivity index is 1.91. The molecular weight excluding hydrogens is 304 g/mol. The van der Waals surface area contributed by atoms with Crippen LogP contribution >= 0.6 is 0 Å². The Morgan fingerprint density at radius 1 is 1.17 bits per heavy atom. The van der Waals surface area contributed by atoms with Gasteiger partial charge in [0, 0.05) is 24.2 Å². The highest BCUT2D eigenvalue weighted by atomic mass is 16.6. The Hall–Kier alpha value is -2.69. The van der Waals surface area contributed by atoms with Gasteiger partial charge in [0.15, 0.2) is 0 Å². The molecule has 24 heavy (non-hydrogen) atoms. The molecule has 2 aromatic carbocycles. The second-order valence-corrected chi connectivity index (χ2v) is 6.39. The first-order valence-electron chi connectivity index (χ1n) is 8.09. The van der Waals surface area contributed by atoms with Crippen molar-refractivity contribution in [2.24, 2.45) is 0 Å². The van der Waals surface area contributed by atoms with Gasteiger partial charge in [0.25, 0.3) is 11.6 Å². The average molecular weight is 324 g/mol. The lowest BCUT2D eigenvalue weighted by Crippen LogP contribution is -2.30. The molecule has 0 radical (unpaired) electrons. The summed E-state index contributed by atoms with van der Waals surface area (Å²) in [5, 5.41) is 10.9. The predicted octanol–water partition coefficient (Wildman–Crippen LogP) is 4.19. The zero-order valence-corrected chi connectivity index (χ0v) is 13.9. The molecule has 0 aromatic heterocycles. The Kier molecular flexibility index (Phi) is 4.34. The molecule has 1 unspecified atom stereocenters. The zero-order valence-electron chi connectivity index (χ0n) is 13.9. The van der Waals surface area contributed by atoms with Gasteiger partial charge < -0.3 is 4.90 Å². The molecule has 0 bridgehead atoms. The number of amides is 1. The van der Waals surface area contributed by atoms with E-state index in [0.717, 1.165) is 18.4 Å². The van der Waals surface area contributed by atoms with Crippen LogP contribution in [0.25, 0.3) is 0 Å². The number of nitrogens with zero attached hydrogens (tertiary/aromatic N) is 2. The molecule has 1 saturated heterocycles. The maximum Gasteiger partial charge on any atom is 0.270 e. The van der Waals surface area contributed by atoms with Crippen LogP contribution in [-0.2, 0) is 0 Å². The minimum Gasteiger partial charge on any atom is -0.332 e. The molecule has 1 fully saturated rings. The van der Waals surface area contributed by atoms with E-state index in [2.05, 4.69) is 32.0 Å². The third-order valence-electron chi connectivity index (χ3n) is 4.45. The van der Waals surface area contributed by atoms with Gasteiger partial charge in [-0.2, -0.15) is 0 Å². The van der Waals surface area contributed by atoms with Gasteiger partial charge in [-0.15, -0.1) is 0 Å². The summed E-state index contributed by atoms with van der Waals surface area (Å²) in [4.78, 5) is 25.2. The maximum absolute atomic E-state index is 12.9. The fourth-order valence-electron chi connectivity index (χ4n) is 3.48. The highest BCUT2D eigenvalue weighted by Crippen LogP contribution is 2.34. The van der Waals surface area contributed by atoms with Gasteiger partial charge in [0.1, 0.15) is 0 Å². The van der Waals surface area contributed by atoms with E-state index in [1.807, 2.05) is 4.90 Å². The van der Waals surface area contributed by atoms with Crippen LogP contribution in [0.1, 0.15) is 45.9 Å². The lowest BCUT2D eigenvalue weighted by Gasteiger charge is -2.26. The van der Waals surface area contributed by atoms with Crippen LogP contribution in [0, 0.1) is 24.0 Å². The number of benzene rings is 2. The van der Waals surface area contributed by atoms with E-state index in [9.17, 15) is 14.9 Å². The number of hydrogen-bond donors (Lipinski definition) is 0. The van der Waals surface area contributed by atoms with Gasteiger partial charge in [-0.05, 0) is 38.3 Å². The van der Waals surface area contributed by atoms with E-state index in [1.54, 1.807) is 12.1 Å². The largest absolute Gasteiger partial charge is 0.332 e. The monoisotopic (exact) mass is 324 g/mol. The van der Waals surface area contributed by atoms with Gasteiger partial charge in [-0.3, -0.25) is 14.9 Å². The summed E-state index contributed by atoms with van der Waals surface area (Å²) in [6.45, 7) is 4.79. The zero-order chi connectivity index (χ0) is 17.3. The quantitative estimate of drug-likeness (QED) is 0.628. The van der Waals surface area contributed by atoms with Crippen molar-refractivity contribution in [2.45, 2.75) is 32.7 Å². The number of aryl methyl sites for hydroxylation is 2. The van der Waals surface area contributed by atoms with Gasteiger partial charge in [0.2, 0.25) is 0 Å². The summed E-state index contributed by atoms with van der Waals surface area (Å²) in [7, 11) is 0. The Labute approximate surface area is 141 Å². The number of carbonyl (C=O) groups excluding carboxylic acids is 1. The SMILES string of the molecule is Cc1cc(C)cc(C2CCCN2C(=O)c2cccc([N+](=O)[O-])c2)c1. The van der Waals surface area contributed by atoms with Crippen LogP contribution < -0.4 is 0 Å². The molecule has 5 nitrogen and oxygen atoms in total. The topological polar surface area (TPSA) is 63.5 Å². The molecule has 2 aromatic rings. The Morgan fingerprint density at radius 3 is 2.54 bits per heavy atom. The standard InChI is InChI=1S/C19H20N2O3/c1-13-9-14(2)11-16(10-13)18-7-4-8-20(18)19(22)15-5-3-6-17(12-15)21(23)24/h3,5-6,9-12,18H,4,7-8H2,1-2H3. The van der Waals surface area contributed by atoms with Gasteiger partial charge in [-0.25, -0.2) is 0 Å². The van der Waals surface area contributed by atoms with E-state index in [4.69, 9.17) is 0 Å². The van der Waals surface area contributed by atoms with Crippen LogP contribution in [0.5, 0.6) is 0 Å². The lowest BCUT2D eigenvalue weighted by molar-refractivity contribution is -0.384. The van der Waals surface area contributed by atoms with Crippen molar-refractivity contribution in [3.05, 3.63) is 74.8 Å². The number of rotatable bonds is 3. The van der Waals surface area contributed by atoms with Crippen molar-refractivity contribution in [2.75, 3.05) is 6.54 Å². The highest BCUT2D eigenvalue weighted by Gasteiger charge is 2.31. The molecule has 124 valence electrons. The summed E-state index contributed by atoms with van der Waals surface area (Å²) < 4.78 is 0. The van der Waals surface area contributed by atoms with E-state index < -0.39 is 4.92 Å². The van der Waals surface area contributed by atoms with Crippen LogP contribution in [-0.4, -0.2) is 22.3 Å². The van der Waals surface area contributed by atoms with Crippen molar-refractivity contribution < 1.29 is 9.72 Å². The van der Waals surface area contributed by atoms with E-state index in [0.29, 0.717) is 12.1 Å². The first-order valence-corrected chi connectivity index (χ1v) is 8.09.